The van der Waals surface area contributed by atoms with E-state index in [0.29, 0.717) is 6.20 Å². The summed E-state index contributed by atoms with van der Waals surface area (Å²) in [6.45, 7) is 3.25. The number of ether oxygens (including phenoxy) is 1. The fourth-order valence-electron chi connectivity index (χ4n) is 1.42. The number of rotatable bonds is 5. The molecule has 1 atom stereocenters. The third-order valence-electron chi connectivity index (χ3n) is 2.34. The average molecular weight is 279 g/mol. The Labute approximate surface area is 108 Å². The molecule has 0 bridgehead atoms. The maximum Gasteiger partial charge on any atom is 0.417 e. The van der Waals surface area contributed by atoms with Crippen LogP contribution in [-0.2, 0) is 17.5 Å². The Morgan fingerprint density at radius 3 is 2.53 bits per heavy atom. The Hall–Kier alpha value is -1.34. The highest BCUT2D eigenvalue weighted by atomic mass is 19.4. The molecule has 0 saturated carbocycles. The van der Waals surface area contributed by atoms with Gasteiger partial charge in [-0.2, -0.15) is 13.2 Å². The summed E-state index contributed by atoms with van der Waals surface area (Å²) in [4.78, 5) is 11.4. The van der Waals surface area contributed by atoms with Crippen LogP contribution in [0.3, 0.4) is 0 Å². The molecule has 4 nitrogen and oxygen atoms in total. The first kappa shape index (κ1) is 15.7. The first-order valence-corrected chi connectivity index (χ1v) is 5.77. The second kappa shape index (κ2) is 6.21. The van der Waals surface area contributed by atoms with Gasteiger partial charge in [0.2, 0.25) is 0 Å². The quantitative estimate of drug-likeness (QED) is 0.891. The van der Waals surface area contributed by atoms with Gasteiger partial charge in [-0.25, -0.2) is 0 Å². The Morgan fingerprint density at radius 2 is 2.00 bits per heavy atom. The van der Waals surface area contributed by atoms with Gasteiger partial charge in [-0.15, -0.1) is 0 Å². The van der Waals surface area contributed by atoms with Crippen molar-refractivity contribution < 1.29 is 23.0 Å². The van der Waals surface area contributed by atoms with Crippen LogP contribution in [0.1, 0.15) is 19.4 Å². The van der Waals surface area contributed by atoms with Gasteiger partial charge < -0.3 is 14.4 Å². The number of halogens is 3. The number of aliphatic hydroxyl groups excluding tert-OH is 1. The fourth-order valence-corrected chi connectivity index (χ4v) is 1.42. The largest absolute Gasteiger partial charge is 0.417 e. The molecule has 1 aromatic heterocycles. The molecule has 1 unspecified atom stereocenters. The van der Waals surface area contributed by atoms with E-state index in [9.17, 15) is 23.1 Å². The van der Waals surface area contributed by atoms with Crippen LogP contribution in [0.5, 0.6) is 0 Å². The van der Waals surface area contributed by atoms with Crippen molar-refractivity contribution in [3.8, 4) is 0 Å². The van der Waals surface area contributed by atoms with E-state index in [1.165, 1.54) is 0 Å². The number of nitrogens with zero attached hydrogens (tertiary/aromatic N) is 1. The lowest BCUT2D eigenvalue weighted by Crippen LogP contribution is -2.30. The number of aromatic nitrogens is 1. The Bertz CT molecular complexity index is 468. The molecule has 0 aliphatic rings. The first-order valence-electron chi connectivity index (χ1n) is 5.77. The van der Waals surface area contributed by atoms with Gasteiger partial charge >= 0.3 is 6.18 Å². The summed E-state index contributed by atoms with van der Waals surface area (Å²) in [7, 11) is 0. The topological polar surface area (TPSA) is 51.5 Å². The zero-order chi connectivity index (χ0) is 14.6. The van der Waals surface area contributed by atoms with Crippen LogP contribution < -0.4 is 5.56 Å². The predicted molar refractivity (Wildman–Crippen MR) is 62.8 cm³/mol. The van der Waals surface area contributed by atoms with Crippen molar-refractivity contribution in [3.05, 3.63) is 34.2 Å². The van der Waals surface area contributed by atoms with Gasteiger partial charge in [0.1, 0.15) is 0 Å². The molecule has 0 amide bonds. The van der Waals surface area contributed by atoms with Crippen LogP contribution in [0.4, 0.5) is 13.2 Å². The molecule has 1 aromatic rings. The summed E-state index contributed by atoms with van der Waals surface area (Å²) in [6, 6.07) is 1.55. The van der Waals surface area contributed by atoms with Crippen molar-refractivity contribution in [2.75, 3.05) is 6.61 Å². The molecule has 0 spiro atoms. The lowest BCUT2D eigenvalue weighted by atomic mass is 10.2. The smallest absolute Gasteiger partial charge is 0.389 e. The maximum absolute atomic E-state index is 12.5. The van der Waals surface area contributed by atoms with Crippen LogP contribution in [0.2, 0.25) is 0 Å². The highest BCUT2D eigenvalue weighted by Gasteiger charge is 2.31. The van der Waals surface area contributed by atoms with Crippen molar-refractivity contribution in [3.63, 3.8) is 0 Å². The minimum atomic E-state index is -4.52. The van der Waals surface area contributed by atoms with Gasteiger partial charge in [0, 0.05) is 12.3 Å². The summed E-state index contributed by atoms with van der Waals surface area (Å²) >= 11 is 0. The minimum absolute atomic E-state index is 0.0413. The number of hydrogen-bond donors (Lipinski definition) is 1. The zero-order valence-corrected chi connectivity index (χ0v) is 10.6. The van der Waals surface area contributed by atoms with Gasteiger partial charge in [0.15, 0.2) is 0 Å². The average Bonchev–Trinajstić information content (AvgIpc) is 2.28. The molecule has 108 valence electrons. The van der Waals surface area contributed by atoms with Crippen LogP contribution in [0.25, 0.3) is 0 Å². The Kier molecular flexibility index (Phi) is 5.13. The van der Waals surface area contributed by atoms with Gasteiger partial charge in [-0.1, -0.05) is 0 Å². The molecule has 1 heterocycles. The van der Waals surface area contributed by atoms with Crippen LogP contribution in [0, 0.1) is 0 Å². The monoisotopic (exact) mass is 279 g/mol. The van der Waals surface area contributed by atoms with E-state index >= 15 is 0 Å². The summed E-state index contributed by atoms with van der Waals surface area (Å²) in [5.41, 5.74) is -1.53. The van der Waals surface area contributed by atoms with E-state index in [1.807, 2.05) is 0 Å². The van der Waals surface area contributed by atoms with Gasteiger partial charge in [0.05, 0.1) is 30.9 Å². The second-order valence-electron chi connectivity index (χ2n) is 4.44. The van der Waals surface area contributed by atoms with Crippen LogP contribution in [0.15, 0.2) is 23.1 Å². The van der Waals surface area contributed by atoms with E-state index in [4.69, 9.17) is 4.74 Å². The molecular formula is C12H16F3NO3. The van der Waals surface area contributed by atoms with E-state index in [-0.39, 0.29) is 19.3 Å². The molecule has 19 heavy (non-hydrogen) atoms. The number of aliphatic hydroxyl groups is 1. The molecule has 7 heteroatoms. The summed E-state index contributed by atoms with van der Waals surface area (Å²) in [5.74, 6) is 0. The minimum Gasteiger partial charge on any atom is -0.389 e. The normalized spacial score (nSPS) is 13.8. The maximum atomic E-state index is 12.5. The molecule has 1 N–H and O–H groups in total. The number of pyridine rings is 1. The molecular weight excluding hydrogens is 263 g/mol. The third kappa shape index (κ3) is 5.04. The lowest BCUT2D eigenvalue weighted by molar-refractivity contribution is -0.138. The van der Waals surface area contributed by atoms with E-state index in [1.54, 1.807) is 13.8 Å². The SMILES string of the molecule is CC(C)OCC(O)Cn1cc(C(F)(F)F)ccc1=O. The van der Waals surface area contributed by atoms with Crippen molar-refractivity contribution in [2.45, 2.75) is 38.8 Å². The van der Waals surface area contributed by atoms with E-state index in [2.05, 4.69) is 0 Å². The summed E-state index contributed by atoms with van der Waals surface area (Å²) < 4.78 is 43.4. The highest BCUT2D eigenvalue weighted by molar-refractivity contribution is 5.13. The molecule has 0 aromatic carbocycles. The molecule has 0 saturated heterocycles. The number of hydrogen-bond acceptors (Lipinski definition) is 3. The summed E-state index contributed by atoms with van der Waals surface area (Å²) in [6.07, 6.45) is -4.97. The Balaban J connectivity index is 2.80. The van der Waals surface area contributed by atoms with E-state index < -0.39 is 23.4 Å². The summed E-state index contributed by atoms with van der Waals surface area (Å²) in [5, 5.41) is 9.60. The molecule has 1 rings (SSSR count). The predicted octanol–water partition coefficient (Wildman–Crippen LogP) is 1.65. The Morgan fingerprint density at radius 1 is 1.37 bits per heavy atom. The third-order valence-corrected chi connectivity index (χ3v) is 2.34. The standard InChI is InChI=1S/C12H16F3NO3/c1-8(2)19-7-10(17)6-16-5-9(12(13,14)15)3-4-11(16)18/h3-5,8,10,17H,6-7H2,1-2H3. The molecule has 0 radical (unpaired) electrons. The van der Waals surface area contributed by atoms with Crippen molar-refractivity contribution in [1.82, 2.24) is 4.57 Å². The highest BCUT2D eigenvalue weighted by Crippen LogP contribution is 2.27. The van der Waals surface area contributed by atoms with Crippen molar-refractivity contribution in [2.24, 2.45) is 0 Å². The van der Waals surface area contributed by atoms with Gasteiger partial charge in [-0.05, 0) is 19.9 Å². The molecule has 0 aliphatic heterocycles. The lowest BCUT2D eigenvalue weighted by Gasteiger charge is -2.16. The fraction of sp³-hybridized carbons (Fsp3) is 0.583. The van der Waals surface area contributed by atoms with Crippen molar-refractivity contribution >= 4 is 0 Å². The van der Waals surface area contributed by atoms with Gasteiger partial charge in [-0.3, -0.25) is 4.79 Å². The first-order chi connectivity index (χ1) is 8.70. The molecule has 0 aliphatic carbocycles. The number of alkyl halides is 3. The second-order valence-corrected chi connectivity index (χ2v) is 4.44. The van der Waals surface area contributed by atoms with E-state index in [0.717, 1.165) is 16.7 Å². The van der Waals surface area contributed by atoms with Crippen molar-refractivity contribution in [1.29, 1.82) is 0 Å². The zero-order valence-electron chi connectivity index (χ0n) is 10.6. The van der Waals surface area contributed by atoms with Gasteiger partial charge in [0.25, 0.3) is 5.56 Å². The molecule has 0 fully saturated rings. The van der Waals surface area contributed by atoms with Crippen LogP contribution >= 0.6 is 0 Å². The van der Waals surface area contributed by atoms with Crippen LogP contribution in [-0.4, -0.2) is 28.5 Å².